The number of aromatic nitrogens is 1. The molecule has 1 N–H and O–H groups in total. The number of aryl methyl sites for hydroxylation is 1. The maximum Gasteiger partial charge on any atom is 0.0560 e. The number of hydrogen-bond acceptors (Lipinski definition) is 1. The van der Waals surface area contributed by atoms with Crippen molar-refractivity contribution in [2.75, 3.05) is 13.1 Å². The molecule has 1 atom stereocenters. The van der Waals surface area contributed by atoms with Crippen LogP contribution in [-0.2, 0) is 12.8 Å². The summed E-state index contributed by atoms with van der Waals surface area (Å²) < 4.78 is 2.62. The van der Waals surface area contributed by atoms with Gasteiger partial charge in [0, 0.05) is 23.1 Å². The topological polar surface area (TPSA) is 17.0 Å². The molecule has 2 aliphatic rings. The quantitative estimate of drug-likeness (QED) is 0.655. The van der Waals surface area contributed by atoms with E-state index in [0.717, 1.165) is 19.5 Å². The van der Waals surface area contributed by atoms with E-state index in [0.29, 0.717) is 6.04 Å². The van der Waals surface area contributed by atoms with Gasteiger partial charge in [-0.05, 0) is 80.0 Å². The van der Waals surface area contributed by atoms with Crippen LogP contribution in [0.3, 0.4) is 0 Å². The Bertz CT molecular complexity index is 994. The van der Waals surface area contributed by atoms with Crippen LogP contribution in [0.4, 0.5) is 0 Å². The summed E-state index contributed by atoms with van der Waals surface area (Å²) in [6.07, 6.45) is 8.61. The number of hydrogen-bond donors (Lipinski definition) is 1. The first kappa shape index (κ1) is 16.8. The van der Waals surface area contributed by atoms with E-state index in [9.17, 15) is 0 Å². The van der Waals surface area contributed by atoms with Gasteiger partial charge in [0.05, 0.1) is 6.04 Å². The molecular weight excluding hydrogens is 328 g/mol. The number of benzene rings is 2. The van der Waals surface area contributed by atoms with Crippen molar-refractivity contribution in [1.29, 1.82) is 0 Å². The summed E-state index contributed by atoms with van der Waals surface area (Å²) in [4.78, 5) is 0. The molecule has 1 unspecified atom stereocenters. The molecule has 0 spiro atoms. The molecule has 0 saturated carbocycles. The lowest BCUT2D eigenvalue weighted by Gasteiger charge is -2.22. The molecule has 2 aromatic carbocycles. The fourth-order valence-corrected chi connectivity index (χ4v) is 4.96. The largest absolute Gasteiger partial charge is 0.337 e. The predicted molar refractivity (Wildman–Crippen MR) is 114 cm³/mol. The highest BCUT2D eigenvalue weighted by Gasteiger charge is 2.23. The summed E-state index contributed by atoms with van der Waals surface area (Å²) in [5.41, 5.74) is 8.83. The van der Waals surface area contributed by atoms with Gasteiger partial charge >= 0.3 is 0 Å². The van der Waals surface area contributed by atoms with E-state index < -0.39 is 0 Å². The Hall–Kier alpha value is -2.32. The van der Waals surface area contributed by atoms with Crippen molar-refractivity contribution < 1.29 is 0 Å². The van der Waals surface area contributed by atoms with Gasteiger partial charge in [-0.25, -0.2) is 0 Å². The number of rotatable bonds is 3. The molecule has 2 heterocycles. The Kier molecular flexibility index (Phi) is 4.37. The monoisotopic (exact) mass is 356 g/mol. The second kappa shape index (κ2) is 7.01. The minimum Gasteiger partial charge on any atom is -0.337 e. The van der Waals surface area contributed by atoms with Crippen LogP contribution in [-0.4, -0.2) is 17.7 Å². The average molecular weight is 357 g/mol. The van der Waals surface area contributed by atoms with E-state index in [1.807, 2.05) is 0 Å². The lowest BCUT2D eigenvalue weighted by atomic mass is 9.93. The van der Waals surface area contributed by atoms with Crippen molar-refractivity contribution in [3.63, 3.8) is 0 Å². The van der Waals surface area contributed by atoms with Crippen molar-refractivity contribution in [3.05, 3.63) is 77.0 Å². The molecule has 0 fully saturated rings. The molecule has 5 rings (SSSR count). The van der Waals surface area contributed by atoms with E-state index in [1.165, 1.54) is 53.3 Å². The van der Waals surface area contributed by atoms with E-state index >= 15 is 0 Å². The van der Waals surface area contributed by atoms with Gasteiger partial charge in [-0.1, -0.05) is 42.5 Å². The molecule has 0 radical (unpaired) electrons. The fraction of sp³-hybridized carbons (Fsp3) is 0.360. The third-order valence-electron chi connectivity index (χ3n) is 6.38. The summed E-state index contributed by atoms with van der Waals surface area (Å²) in [6.45, 7) is 4.45. The highest BCUT2D eigenvalue weighted by molar-refractivity contribution is 5.89. The Morgan fingerprint density at radius 3 is 2.67 bits per heavy atom. The Balaban J connectivity index is 1.68. The number of nitrogens with one attached hydrogen (secondary N) is 1. The SMILES string of the molecule is CC(c1ccccc1)n1c2c(c3cc(C4=CCCNC4)ccc31)CCCC2. The van der Waals surface area contributed by atoms with Gasteiger partial charge in [-0.2, -0.15) is 0 Å². The van der Waals surface area contributed by atoms with Gasteiger partial charge < -0.3 is 9.88 Å². The van der Waals surface area contributed by atoms with Gasteiger partial charge in [-0.15, -0.1) is 0 Å². The van der Waals surface area contributed by atoms with Crippen molar-refractivity contribution in [2.24, 2.45) is 0 Å². The van der Waals surface area contributed by atoms with E-state index in [-0.39, 0.29) is 0 Å². The van der Waals surface area contributed by atoms with Crippen LogP contribution in [0.15, 0.2) is 54.6 Å². The Morgan fingerprint density at radius 1 is 1.00 bits per heavy atom. The van der Waals surface area contributed by atoms with Crippen LogP contribution in [0.25, 0.3) is 16.5 Å². The zero-order valence-electron chi connectivity index (χ0n) is 16.2. The van der Waals surface area contributed by atoms with Gasteiger partial charge in [0.1, 0.15) is 0 Å². The third-order valence-corrected chi connectivity index (χ3v) is 6.38. The molecule has 2 nitrogen and oxygen atoms in total. The van der Waals surface area contributed by atoms with Gasteiger partial charge in [0.2, 0.25) is 0 Å². The van der Waals surface area contributed by atoms with Gasteiger partial charge in [0.15, 0.2) is 0 Å². The van der Waals surface area contributed by atoms with Crippen LogP contribution in [0.2, 0.25) is 0 Å². The molecule has 27 heavy (non-hydrogen) atoms. The predicted octanol–water partition coefficient (Wildman–Crippen LogP) is 5.51. The van der Waals surface area contributed by atoms with Crippen molar-refractivity contribution in [3.8, 4) is 0 Å². The van der Waals surface area contributed by atoms with E-state index in [1.54, 1.807) is 11.3 Å². The molecule has 1 aromatic heterocycles. The molecule has 0 bridgehead atoms. The second-order valence-electron chi connectivity index (χ2n) is 8.02. The molecule has 138 valence electrons. The van der Waals surface area contributed by atoms with E-state index in [2.05, 4.69) is 71.4 Å². The third kappa shape index (κ3) is 2.93. The molecule has 0 saturated heterocycles. The van der Waals surface area contributed by atoms with Crippen LogP contribution >= 0.6 is 0 Å². The van der Waals surface area contributed by atoms with Crippen molar-refractivity contribution in [2.45, 2.75) is 45.1 Å². The molecule has 0 amide bonds. The minimum atomic E-state index is 0.372. The first-order chi connectivity index (χ1) is 13.3. The summed E-state index contributed by atoms with van der Waals surface area (Å²) in [6, 6.07) is 18.5. The summed E-state index contributed by atoms with van der Waals surface area (Å²) in [5, 5.41) is 5.00. The number of fused-ring (bicyclic) bond motifs is 3. The summed E-state index contributed by atoms with van der Waals surface area (Å²) >= 11 is 0. The molecule has 2 heteroatoms. The number of nitrogens with zero attached hydrogens (tertiary/aromatic N) is 1. The molecule has 1 aliphatic heterocycles. The first-order valence-corrected chi connectivity index (χ1v) is 10.4. The van der Waals surface area contributed by atoms with E-state index in [4.69, 9.17) is 0 Å². The van der Waals surface area contributed by atoms with Crippen molar-refractivity contribution in [1.82, 2.24) is 9.88 Å². The Labute approximate surface area is 161 Å². The van der Waals surface area contributed by atoms with Crippen LogP contribution in [0, 0.1) is 0 Å². The minimum absolute atomic E-state index is 0.372. The smallest absolute Gasteiger partial charge is 0.0560 e. The molecular formula is C25H28N2. The zero-order chi connectivity index (χ0) is 18.2. The van der Waals surface area contributed by atoms with Crippen LogP contribution in [0.5, 0.6) is 0 Å². The molecule has 3 aromatic rings. The maximum absolute atomic E-state index is 3.52. The first-order valence-electron chi connectivity index (χ1n) is 10.4. The highest BCUT2D eigenvalue weighted by atomic mass is 15.0. The second-order valence-corrected chi connectivity index (χ2v) is 8.02. The standard InChI is InChI=1S/C25H28N2/c1-18(19-8-3-2-4-9-19)27-24-12-6-5-11-22(24)23-16-20(13-14-25(23)27)21-10-7-15-26-17-21/h2-4,8-10,13-14,16,18,26H,5-7,11-12,15,17H2,1H3. The zero-order valence-corrected chi connectivity index (χ0v) is 16.2. The van der Waals surface area contributed by atoms with Gasteiger partial charge in [-0.3, -0.25) is 0 Å². The Morgan fingerprint density at radius 2 is 1.85 bits per heavy atom. The van der Waals surface area contributed by atoms with Crippen molar-refractivity contribution >= 4 is 16.5 Å². The lowest BCUT2D eigenvalue weighted by Crippen LogP contribution is -2.21. The van der Waals surface area contributed by atoms with Crippen LogP contribution in [0.1, 0.15) is 54.6 Å². The van der Waals surface area contributed by atoms with Gasteiger partial charge in [0.25, 0.3) is 0 Å². The summed E-state index contributed by atoms with van der Waals surface area (Å²) in [7, 11) is 0. The maximum atomic E-state index is 3.52. The highest BCUT2D eigenvalue weighted by Crippen LogP contribution is 2.37. The fourth-order valence-electron chi connectivity index (χ4n) is 4.96. The average Bonchev–Trinajstić information content (AvgIpc) is 3.08. The van der Waals surface area contributed by atoms with Crippen LogP contribution < -0.4 is 5.32 Å². The summed E-state index contributed by atoms with van der Waals surface area (Å²) in [5.74, 6) is 0. The molecule has 1 aliphatic carbocycles. The lowest BCUT2D eigenvalue weighted by molar-refractivity contribution is 0.584. The normalized spacial score (nSPS) is 18.2.